The van der Waals surface area contributed by atoms with Gasteiger partial charge in [0.05, 0.1) is 10.9 Å². The Morgan fingerprint density at radius 1 is 0.900 bits per heavy atom. The first kappa shape index (κ1) is 19.9. The molecule has 0 bridgehead atoms. The molecule has 1 aromatic heterocycles. The van der Waals surface area contributed by atoms with Crippen molar-refractivity contribution in [1.29, 1.82) is 0 Å². The van der Waals surface area contributed by atoms with Gasteiger partial charge < -0.3 is 9.17 Å². The highest BCUT2D eigenvalue weighted by molar-refractivity contribution is 7.87. The van der Waals surface area contributed by atoms with Crippen molar-refractivity contribution in [3.63, 3.8) is 0 Å². The Morgan fingerprint density at radius 3 is 2.43 bits per heavy atom. The van der Waals surface area contributed by atoms with Crippen LogP contribution in [0.1, 0.15) is 11.1 Å². The molecule has 0 aliphatic carbocycles. The molecule has 1 heterocycles. The van der Waals surface area contributed by atoms with Crippen LogP contribution >= 0.6 is 11.6 Å². The Balaban J connectivity index is 1.73. The third kappa shape index (κ3) is 4.14. The van der Waals surface area contributed by atoms with Crippen LogP contribution in [0, 0.1) is 0 Å². The van der Waals surface area contributed by atoms with Gasteiger partial charge in [-0.2, -0.15) is 8.42 Å². The van der Waals surface area contributed by atoms with E-state index >= 15 is 0 Å². The second-order valence-electron chi connectivity index (χ2n) is 6.57. The molecule has 0 amide bonds. The van der Waals surface area contributed by atoms with Gasteiger partial charge in [-0.05, 0) is 42.0 Å². The van der Waals surface area contributed by atoms with E-state index in [1.165, 1.54) is 24.3 Å². The molecule has 2 N–H and O–H groups in total. The largest absolute Gasteiger partial charge is 0.379 e. The summed E-state index contributed by atoms with van der Waals surface area (Å²) in [7, 11) is -4.25. The Morgan fingerprint density at radius 2 is 1.67 bits per heavy atom. The number of fused-ring (bicyclic) bond motifs is 1. The van der Waals surface area contributed by atoms with Crippen molar-refractivity contribution in [3.05, 3.63) is 104 Å². The van der Waals surface area contributed by atoms with Gasteiger partial charge in [0.25, 0.3) is 5.56 Å². The average Bonchev–Trinajstić information content (AvgIpc) is 2.70. The quantitative estimate of drug-likeness (QED) is 0.461. The third-order valence-corrected chi connectivity index (χ3v) is 5.92. The van der Waals surface area contributed by atoms with Gasteiger partial charge in [0.1, 0.15) is 10.6 Å². The molecule has 0 aliphatic rings. The first-order valence-corrected chi connectivity index (χ1v) is 10.6. The van der Waals surface area contributed by atoms with Gasteiger partial charge in [-0.25, -0.2) is 4.79 Å². The van der Waals surface area contributed by atoms with E-state index in [-0.39, 0.29) is 21.5 Å². The third-order valence-electron chi connectivity index (χ3n) is 4.46. The Labute approximate surface area is 176 Å². The Kier molecular flexibility index (Phi) is 5.19. The van der Waals surface area contributed by atoms with Crippen LogP contribution in [0.15, 0.2) is 81.2 Å². The normalized spacial score (nSPS) is 11.5. The lowest BCUT2D eigenvalue weighted by Crippen LogP contribution is -2.22. The molecular formula is C21H15ClN2O5S. The van der Waals surface area contributed by atoms with Crippen molar-refractivity contribution in [2.45, 2.75) is 11.3 Å². The van der Waals surface area contributed by atoms with Gasteiger partial charge >= 0.3 is 15.8 Å². The standard InChI is InChI=1S/C21H15ClN2O5S/c22-15-6-9-19(14(11-15)10-13-4-2-1-3-5-13)29-30(27,28)16-7-8-18-17(12-16)20(25)24-21(26)23-18/h1-9,11-12H,10H2,(H2,23,24,25,26). The van der Waals surface area contributed by atoms with Gasteiger partial charge in [0.15, 0.2) is 0 Å². The minimum absolute atomic E-state index is 0.0277. The molecule has 0 aliphatic heterocycles. The van der Waals surface area contributed by atoms with E-state index in [0.29, 0.717) is 17.0 Å². The average molecular weight is 443 g/mol. The summed E-state index contributed by atoms with van der Waals surface area (Å²) in [4.78, 5) is 27.7. The number of hydrogen-bond donors (Lipinski definition) is 2. The van der Waals surface area contributed by atoms with Crippen molar-refractivity contribution in [2.75, 3.05) is 0 Å². The molecule has 0 unspecified atom stereocenters. The van der Waals surface area contributed by atoms with Crippen LogP contribution in [0.5, 0.6) is 5.75 Å². The van der Waals surface area contributed by atoms with Crippen LogP contribution in [0.2, 0.25) is 5.02 Å². The second-order valence-corrected chi connectivity index (χ2v) is 8.55. The first-order chi connectivity index (χ1) is 14.3. The number of aromatic amines is 2. The zero-order chi connectivity index (χ0) is 21.3. The minimum Gasteiger partial charge on any atom is -0.379 e. The van der Waals surface area contributed by atoms with Crippen LogP contribution in [0.3, 0.4) is 0 Å². The van der Waals surface area contributed by atoms with Crippen LogP contribution in [0.25, 0.3) is 10.9 Å². The lowest BCUT2D eigenvalue weighted by Gasteiger charge is -2.12. The molecule has 4 rings (SSSR count). The predicted molar refractivity (Wildman–Crippen MR) is 114 cm³/mol. The van der Waals surface area contributed by atoms with E-state index in [1.807, 2.05) is 30.3 Å². The van der Waals surface area contributed by atoms with Crippen molar-refractivity contribution in [3.8, 4) is 5.75 Å². The van der Waals surface area contributed by atoms with Gasteiger partial charge in [0.2, 0.25) is 0 Å². The molecule has 7 nitrogen and oxygen atoms in total. The number of aromatic nitrogens is 2. The summed E-state index contributed by atoms with van der Waals surface area (Å²) in [5.74, 6) is 0.138. The summed E-state index contributed by atoms with van der Waals surface area (Å²) in [6.07, 6.45) is 0.422. The Bertz CT molecular complexity index is 1460. The monoisotopic (exact) mass is 442 g/mol. The zero-order valence-corrected chi connectivity index (χ0v) is 17.0. The highest BCUT2D eigenvalue weighted by Gasteiger charge is 2.20. The maximum atomic E-state index is 12.9. The Hall–Kier alpha value is -3.36. The van der Waals surface area contributed by atoms with Crippen LogP contribution < -0.4 is 15.4 Å². The first-order valence-electron chi connectivity index (χ1n) is 8.85. The van der Waals surface area contributed by atoms with E-state index in [0.717, 1.165) is 11.6 Å². The van der Waals surface area contributed by atoms with E-state index in [9.17, 15) is 18.0 Å². The predicted octanol–water partition coefficient (Wildman–Crippen LogP) is 3.23. The molecule has 0 spiro atoms. The SMILES string of the molecule is O=c1[nH]c(=O)c2cc(S(=O)(=O)Oc3ccc(Cl)cc3Cc3ccccc3)ccc2[nH]1. The molecule has 0 atom stereocenters. The number of rotatable bonds is 5. The van der Waals surface area contributed by atoms with E-state index < -0.39 is 21.4 Å². The van der Waals surface area contributed by atoms with Gasteiger partial charge in [-0.1, -0.05) is 41.9 Å². The smallest absolute Gasteiger partial charge is 0.339 e. The minimum atomic E-state index is -4.25. The number of H-pyrrole nitrogens is 2. The number of benzene rings is 3. The molecule has 3 aromatic carbocycles. The fourth-order valence-corrected chi connectivity index (χ4v) is 4.24. The van der Waals surface area contributed by atoms with E-state index in [1.54, 1.807) is 6.07 Å². The fraction of sp³-hybridized carbons (Fsp3) is 0.0476. The molecule has 0 saturated heterocycles. The molecule has 0 fully saturated rings. The number of hydrogen-bond acceptors (Lipinski definition) is 5. The van der Waals surface area contributed by atoms with Gasteiger partial charge in [-0.3, -0.25) is 9.78 Å². The topological polar surface area (TPSA) is 109 Å². The number of halogens is 1. The lowest BCUT2D eigenvalue weighted by molar-refractivity contribution is 0.483. The molecule has 9 heteroatoms. The summed E-state index contributed by atoms with van der Waals surface area (Å²) in [6.45, 7) is 0. The molecule has 0 radical (unpaired) electrons. The van der Waals surface area contributed by atoms with E-state index in [2.05, 4.69) is 9.97 Å². The van der Waals surface area contributed by atoms with Crippen LogP contribution in [0.4, 0.5) is 0 Å². The number of nitrogens with one attached hydrogen (secondary N) is 2. The summed E-state index contributed by atoms with van der Waals surface area (Å²) >= 11 is 6.09. The summed E-state index contributed by atoms with van der Waals surface area (Å²) < 4.78 is 31.1. The highest BCUT2D eigenvalue weighted by atomic mass is 35.5. The molecule has 30 heavy (non-hydrogen) atoms. The van der Waals surface area contributed by atoms with Crippen molar-refractivity contribution >= 4 is 32.6 Å². The van der Waals surface area contributed by atoms with Crippen molar-refractivity contribution in [1.82, 2.24) is 9.97 Å². The van der Waals surface area contributed by atoms with Crippen LogP contribution in [-0.2, 0) is 16.5 Å². The zero-order valence-electron chi connectivity index (χ0n) is 15.4. The molecular weight excluding hydrogens is 428 g/mol. The van der Waals surface area contributed by atoms with E-state index in [4.69, 9.17) is 15.8 Å². The van der Waals surface area contributed by atoms with Crippen LogP contribution in [-0.4, -0.2) is 18.4 Å². The van der Waals surface area contributed by atoms with Crippen molar-refractivity contribution in [2.24, 2.45) is 0 Å². The molecule has 0 saturated carbocycles. The van der Waals surface area contributed by atoms with Crippen molar-refractivity contribution < 1.29 is 12.6 Å². The maximum Gasteiger partial charge on any atom is 0.339 e. The lowest BCUT2D eigenvalue weighted by atomic mass is 10.0. The van der Waals surface area contributed by atoms with Gasteiger partial charge in [-0.15, -0.1) is 0 Å². The highest BCUT2D eigenvalue weighted by Crippen LogP contribution is 2.28. The summed E-state index contributed by atoms with van der Waals surface area (Å²) in [5.41, 5.74) is 0.413. The second kappa shape index (κ2) is 7.81. The fourth-order valence-electron chi connectivity index (χ4n) is 3.05. The summed E-state index contributed by atoms with van der Waals surface area (Å²) in [6, 6.07) is 17.9. The maximum absolute atomic E-state index is 12.9. The van der Waals surface area contributed by atoms with Gasteiger partial charge in [0, 0.05) is 17.0 Å². The molecule has 152 valence electrons. The molecule has 4 aromatic rings. The summed E-state index contributed by atoms with van der Waals surface area (Å²) in [5, 5.41) is 0.478.